The summed E-state index contributed by atoms with van der Waals surface area (Å²) in [6, 6.07) is 6.73. The number of fused-ring (bicyclic) bond motifs is 1. The van der Waals surface area contributed by atoms with Crippen LogP contribution in [-0.2, 0) is 11.3 Å². The number of hydrogen-bond acceptors (Lipinski definition) is 3. The maximum absolute atomic E-state index is 12.4. The number of aromatic amines is 1. The molecule has 6 nitrogen and oxygen atoms in total. The zero-order valence-electron chi connectivity index (χ0n) is 14.0. The van der Waals surface area contributed by atoms with Crippen LogP contribution in [0.2, 0.25) is 0 Å². The Hall–Kier alpha value is -2.37. The van der Waals surface area contributed by atoms with Crippen LogP contribution in [0.5, 0.6) is 0 Å². The van der Waals surface area contributed by atoms with Crippen LogP contribution in [0.3, 0.4) is 0 Å². The maximum Gasteiger partial charge on any atom is 0.273 e. The lowest BCUT2D eigenvalue weighted by molar-refractivity contribution is -0.131. The van der Waals surface area contributed by atoms with Crippen LogP contribution in [0.15, 0.2) is 33.9 Å². The van der Waals surface area contributed by atoms with Crippen LogP contribution >= 0.6 is 0 Å². The molecule has 1 aromatic heterocycles. The Labute approximate surface area is 140 Å². The van der Waals surface area contributed by atoms with Crippen molar-refractivity contribution in [2.45, 2.75) is 39.2 Å². The number of amides is 1. The molecular weight excluding hydrogens is 306 g/mol. The summed E-state index contributed by atoms with van der Waals surface area (Å²) in [6.45, 7) is 3.81. The van der Waals surface area contributed by atoms with E-state index >= 15 is 0 Å². The molecule has 128 valence electrons. The fourth-order valence-corrected chi connectivity index (χ4v) is 2.97. The SMILES string of the molecule is CCCN(CC1CC1)C(=O)CCn1[nH]c(=O)c2ccccc2c1=O. The Bertz CT molecular complexity index is 848. The smallest absolute Gasteiger partial charge is 0.273 e. The van der Waals surface area contributed by atoms with Crippen LogP contribution in [0, 0.1) is 5.92 Å². The van der Waals surface area contributed by atoms with Crippen LogP contribution in [0.4, 0.5) is 0 Å². The molecule has 1 heterocycles. The highest BCUT2D eigenvalue weighted by atomic mass is 16.2. The molecule has 1 amide bonds. The number of nitrogens with zero attached hydrogens (tertiary/aromatic N) is 2. The van der Waals surface area contributed by atoms with Gasteiger partial charge in [0.1, 0.15) is 0 Å². The van der Waals surface area contributed by atoms with Crippen LogP contribution < -0.4 is 11.1 Å². The van der Waals surface area contributed by atoms with Gasteiger partial charge in [-0.05, 0) is 37.3 Å². The van der Waals surface area contributed by atoms with Crippen molar-refractivity contribution in [3.05, 3.63) is 45.0 Å². The molecule has 0 unspecified atom stereocenters. The quantitative estimate of drug-likeness (QED) is 0.840. The number of H-pyrrole nitrogens is 1. The third kappa shape index (κ3) is 3.58. The first-order chi connectivity index (χ1) is 11.6. The van der Waals surface area contributed by atoms with Gasteiger partial charge in [-0.1, -0.05) is 19.1 Å². The van der Waals surface area contributed by atoms with Crippen molar-refractivity contribution in [1.29, 1.82) is 0 Å². The lowest BCUT2D eigenvalue weighted by atomic mass is 10.2. The molecule has 0 spiro atoms. The van der Waals surface area contributed by atoms with E-state index in [4.69, 9.17) is 0 Å². The lowest BCUT2D eigenvalue weighted by Gasteiger charge is -2.22. The Kier molecular flexibility index (Phi) is 4.83. The number of carbonyl (C=O) groups excluding carboxylic acids is 1. The standard InChI is InChI=1S/C18H23N3O3/c1-2-10-20(12-13-7-8-13)16(22)9-11-21-18(24)15-6-4-3-5-14(15)17(23)19-21/h3-6,13H,2,7-12H2,1H3,(H,19,23). The molecule has 0 atom stereocenters. The van der Waals surface area contributed by atoms with Gasteiger partial charge in [0.2, 0.25) is 5.91 Å². The lowest BCUT2D eigenvalue weighted by Crippen LogP contribution is -2.36. The summed E-state index contributed by atoms with van der Waals surface area (Å²) in [5.74, 6) is 0.688. The minimum atomic E-state index is -0.305. The topological polar surface area (TPSA) is 75.2 Å². The van der Waals surface area contributed by atoms with Crippen molar-refractivity contribution in [2.24, 2.45) is 5.92 Å². The zero-order chi connectivity index (χ0) is 17.1. The molecule has 1 saturated carbocycles. The number of benzene rings is 1. The van der Waals surface area contributed by atoms with Crippen molar-refractivity contribution >= 4 is 16.7 Å². The van der Waals surface area contributed by atoms with Gasteiger partial charge in [0.25, 0.3) is 11.1 Å². The van der Waals surface area contributed by atoms with E-state index in [0.717, 1.165) is 19.5 Å². The third-order valence-corrected chi connectivity index (χ3v) is 4.45. The minimum absolute atomic E-state index is 0.0460. The van der Waals surface area contributed by atoms with E-state index in [1.54, 1.807) is 24.3 Å². The highest BCUT2D eigenvalue weighted by Gasteiger charge is 2.26. The molecule has 24 heavy (non-hydrogen) atoms. The maximum atomic E-state index is 12.4. The van der Waals surface area contributed by atoms with Crippen LogP contribution in [0.25, 0.3) is 10.8 Å². The average Bonchev–Trinajstić information content (AvgIpc) is 3.40. The van der Waals surface area contributed by atoms with Gasteiger partial charge in [0, 0.05) is 19.5 Å². The average molecular weight is 329 g/mol. The normalized spacial score (nSPS) is 14.0. The molecule has 1 aromatic carbocycles. The summed E-state index contributed by atoms with van der Waals surface area (Å²) in [4.78, 5) is 38.9. The van der Waals surface area contributed by atoms with Crippen LogP contribution in [0.1, 0.15) is 32.6 Å². The second-order valence-electron chi connectivity index (χ2n) is 6.48. The number of aromatic nitrogens is 2. The summed E-state index contributed by atoms with van der Waals surface area (Å²) >= 11 is 0. The van der Waals surface area contributed by atoms with Crippen molar-refractivity contribution in [1.82, 2.24) is 14.7 Å². The molecule has 1 aliphatic carbocycles. The molecule has 1 N–H and O–H groups in total. The Morgan fingerprint density at radius 1 is 1.25 bits per heavy atom. The summed E-state index contributed by atoms with van der Waals surface area (Å²) < 4.78 is 1.25. The van der Waals surface area contributed by atoms with Crippen molar-refractivity contribution in [2.75, 3.05) is 13.1 Å². The molecule has 2 aromatic rings. The van der Waals surface area contributed by atoms with E-state index < -0.39 is 0 Å². The highest BCUT2D eigenvalue weighted by molar-refractivity contribution is 5.80. The van der Waals surface area contributed by atoms with Gasteiger partial charge in [0.15, 0.2) is 0 Å². The highest BCUT2D eigenvalue weighted by Crippen LogP contribution is 2.29. The van der Waals surface area contributed by atoms with Gasteiger partial charge in [-0.2, -0.15) is 0 Å². The number of nitrogens with one attached hydrogen (secondary N) is 1. The zero-order valence-corrected chi connectivity index (χ0v) is 14.0. The molecule has 0 bridgehead atoms. The van der Waals surface area contributed by atoms with Gasteiger partial charge in [-0.15, -0.1) is 0 Å². The minimum Gasteiger partial charge on any atom is -0.342 e. The summed E-state index contributed by atoms with van der Waals surface area (Å²) in [6.07, 6.45) is 3.54. The summed E-state index contributed by atoms with van der Waals surface area (Å²) in [5, 5.41) is 3.34. The van der Waals surface area contributed by atoms with E-state index in [2.05, 4.69) is 12.0 Å². The van der Waals surface area contributed by atoms with E-state index in [1.807, 2.05) is 4.90 Å². The molecule has 0 aliphatic heterocycles. The van der Waals surface area contributed by atoms with E-state index in [1.165, 1.54) is 17.5 Å². The first-order valence-electron chi connectivity index (χ1n) is 8.59. The first kappa shape index (κ1) is 16.5. The second kappa shape index (κ2) is 7.03. The predicted octanol–water partition coefficient (Wildman–Crippen LogP) is 1.73. The summed E-state index contributed by atoms with van der Waals surface area (Å²) in [5.41, 5.74) is -0.566. The predicted molar refractivity (Wildman–Crippen MR) is 93.0 cm³/mol. The number of aryl methyl sites for hydroxylation is 1. The molecule has 0 radical (unpaired) electrons. The molecule has 1 aliphatic rings. The van der Waals surface area contributed by atoms with Gasteiger partial charge < -0.3 is 4.90 Å². The summed E-state index contributed by atoms with van der Waals surface area (Å²) in [7, 11) is 0. The van der Waals surface area contributed by atoms with E-state index in [0.29, 0.717) is 16.7 Å². The van der Waals surface area contributed by atoms with Gasteiger partial charge in [-0.25, -0.2) is 4.68 Å². The largest absolute Gasteiger partial charge is 0.342 e. The van der Waals surface area contributed by atoms with E-state index in [9.17, 15) is 14.4 Å². The molecular formula is C18H23N3O3. The van der Waals surface area contributed by atoms with Crippen LogP contribution in [-0.4, -0.2) is 33.7 Å². The molecule has 0 saturated heterocycles. The molecule has 3 rings (SSSR count). The number of hydrogen-bond donors (Lipinski definition) is 1. The fraction of sp³-hybridized carbons (Fsp3) is 0.500. The second-order valence-corrected chi connectivity index (χ2v) is 6.48. The fourth-order valence-electron chi connectivity index (χ4n) is 2.97. The van der Waals surface area contributed by atoms with Gasteiger partial charge in [-0.3, -0.25) is 19.5 Å². The first-order valence-corrected chi connectivity index (χ1v) is 8.59. The monoisotopic (exact) mass is 329 g/mol. The molecule has 6 heteroatoms. The third-order valence-electron chi connectivity index (χ3n) is 4.45. The molecule has 1 fully saturated rings. The van der Waals surface area contributed by atoms with Crippen molar-refractivity contribution in [3.8, 4) is 0 Å². The van der Waals surface area contributed by atoms with Gasteiger partial charge >= 0.3 is 0 Å². The Morgan fingerprint density at radius 2 is 1.96 bits per heavy atom. The van der Waals surface area contributed by atoms with Crippen molar-refractivity contribution < 1.29 is 4.79 Å². The van der Waals surface area contributed by atoms with Crippen molar-refractivity contribution in [3.63, 3.8) is 0 Å². The number of carbonyl (C=O) groups is 1. The van der Waals surface area contributed by atoms with E-state index in [-0.39, 0.29) is 30.0 Å². The Morgan fingerprint density at radius 3 is 2.62 bits per heavy atom. The number of rotatable bonds is 7. The van der Waals surface area contributed by atoms with Gasteiger partial charge in [0.05, 0.1) is 17.3 Å². The Balaban J connectivity index is 1.75.